The summed E-state index contributed by atoms with van der Waals surface area (Å²) in [4.78, 5) is 7.26. The standard InChI is InChI=1S/C28H34N2S5/c1-5-29(6-2)27(31)33-19-23-25(21-15-11-9-12-16-21)26(22-17-13-10-14-18-22)24(35-23)20-34-28(32)30(7-3)8-4/h9-18H,5-8,19-20H2,1-4H3. The van der Waals surface area contributed by atoms with Crippen molar-refractivity contribution in [2.24, 2.45) is 0 Å². The average Bonchev–Trinajstić information content (AvgIpc) is 3.27. The molecule has 7 heteroatoms. The first kappa shape index (κ1) is 28.2. The molecule has 0 N–H and O–H groups in total. The smallest absolute Gasteiger partial charge is 0.136 e. The third-order valence-electron chi connectivity index (χ3n) is 5.88. The highest BCUT2D eigenvalue weighted by Crippen LogP contribution is 2.46. The van der Waals surface area contributed by atoms with E-state index in [0.717, 1.165) is 46.3 Å². The van der Waals surface area contributed by atoms with Gasteiger partial charge in [0.15, 0.2) is 0 Å². The van der Waals surface area contributed by atoms with E-state index in [-0.39, 0.29) is 0 Å². The molecule has 2 nitrogen and oxygen atoms in total. The Morgan fingerprint density at radius 2 is 0.971 bits per heavy atom. The zero-order chi connectivity index (χ0) is 25.2. The zero-order valence-electron chi connectivity index (χ0n) is 21.0. The van der Waals surface area contributed by atoms with Crippen LogP contribution >= 0.6 is 59.3 Å². The summed E-state index contributed by atoms with van der Waals surface area (Å²) in [5.41, 5.74) is 5.19. The predicted molar refractivity (Wildman–Crippen MR) is 169 cm³/mol. The molecule has 0 saturated carbocycles. The van der Waals surface area contributed by atoms with Gasteiger partial charge in [-0.3, -0.25) is 0 Å². The van der Waals surface area contributed by atoms with E-state index in [9.17, 15) is 0 Å². The molecular weight excluding hydrogens is 525 g/mol. The van der Waals surface area contributed by atoms with Gasteiger partial charge in [-0.15, -0.1) is 11.3 Å². The van der Waals surface area contributed by atoms with E-state index in [1.807, 2.05) is 11.3 Å². The fraction of sp³-hybridized carbons (Fsp3) is 0.357. The second kappa shape index (κ2) is 14.4. The number of hydrogen-bond acceptors (Lipinski definition) is 5. The highest BCUT2D eigenvalue weighted by Gasteiger charge is 2.22. The van der Waals surface area contributed by atoms with E-state index in [0.29, 0.717) is 0 Å². The molecule has 0 spiro atoms. The van der Waals surface area contributed by atoms with Crippen molar-refractivity contribution < 1.29 is 0 Å². The first-order valence-corrected chi connectivity index (χ1v) is 15.7. The van der Waals surface area contributed by atoms with Gasteiger partial charge in [0.1, 0.15) is 8.64 Å². The van der Waals surface area contributed by atoms with E-state index in [4.69, 9.17) is 24.4 Å². The van der Waals surface area contributed by atoms with Crippen LogP contribution in [0.3, 0.4) is 0 Å². The Hall–Kier alpha value is -1.38. The van der Waals surface area contributed by atoms with Crippen molar-refractivity contribution in [2.45, 2.75) is 39.2 Å². The molecule has 0 saturated heterocycles. The van der Waals surface area contributed by atoms with Crippen molar-refractivity contribution in [1.82, 2.24) is 9.80 Å². The van der Waals surface area contributed by atoms with Crippen LogP contribution < -0.4 is 0 Å². The quantitative estimate of drug-likeness (QED) is 0.228. The third kappa shape index (κ3) is 7.32. The van der Waals surface area contributed by atoms with Crippen LogP contribution in [0.15, 0.2) is 60.7 Å². The number of hydrogen-bond donors (Lipinski definition) is 0. The van der Waals surface area contributed by atoms with Gasteiger partial charge < -0.3 is 9.80 Å². The van der Waals surface area contributed by atoms with E-state index in [1.54, 1.807) is 23.5 Å². The Kier molecular flexibility index (Phi) is 11.6. The Bertz CT molecular complexity index is 1000. The van der Waals surface area contributed by atoms with Gasteiger partial charge in [-0.25, -0.2) is 0 Å². The summed E-state index contributed by atoms with van der Waals surface area (Å²) in [6.07, 6.45) is 0. The van der Waals surface area contributed by atoms with Gasteiger partial charge in [0.25, 0.3) is 0 Å². The normalized spacial score (nSPS) is 10.9. The summed E-state index contributed by atoms with van der Waals surface area (Å²) in [6, 6.07) is 21.6. The van der Waals surface area contributed by atoms with Gasteiger partial charge in [0.2, 0.25) is 0 Å². The van der Waals surface area contributed by atoms with Crippen LogP contribution in [-0.2, 0) is 11.5 Å². The van der Waals surface area contributed by atoms with Gasteiger partial charge >= 0.3 is 0 Å². The Balaban J connectivity index is 2.05. The summed E-state index contributed by atoms with van der Waals surface area (Å²) in [5.74, 6) is 1.74. The molecule has 0 aliphatic rings. The number of rotatable bonds is 10. The molecule has 1 heterocycles. The SMILES string of the molecule is CCN(CC)C(=S)SCc1sc(CSC(=S)N(CC)CC)c(-c2ccccc2)c1-c1ccccc1. The lowest BCUT2D eigenvalue weighted by atomic mass is 9.95. The number of thioether (sulfide) groups is 2. The number of thiophene rings is 1. The highest BCUT2D eigenvalue weighted by atomic mass is 32.2. The van der Waals surface area contributed by atoms with Crippen molar-refractivity contribution in [3.63, 3.8) is 0 Å². The second-order valence-electron chi connectivity index (χ2n) is 7.88. The fourth-order valence-electron chi connectivity index (χ4n) is 3.95. The van der Waals surface area contributed by atoms with Crippen LogP contribution in [0, 0.1) is 0 Å². The van der Waals surface area contributed by atoms with E-state index in [1.165, 1.54) is 32.0 Å². The van der Waals surface area contributed by atoms with Crippen LogP contribution in [0.2, 0.25) is 0 Å². The minimum atomic E-state index is 0.870. The molecule has 0 unspecified atom stereocenters. The molecule has 0 bridgehead atoms. The number of benzene rings is 2. The monoisotopic (exact) mass is 558 g/mol. The van der Waals surface area contributed by atoms with E-state index < -0.39 is 0 Å². The maximum atomic E-state index is 5.77. The van der Waals surface area contributed by atoms with Gasteiger partial charge in [-0.05, 0) is 38.8 Å². The van der Waals surface area contributed by atoms with Gasteiger partial charge in [0.05, 0.1) is 0 Å². The molecule has 35 heavy (non-hydrogen) atoms. The fourth-order valence-corrected chi connectivity index (χ4v) is 8.27. The summed E-state index contributed by atoms with van der Waals surface area (Å²) in [7, 11) is 0. The van der Waals surface area contributed by atoms with Crippen LogP contribution in [-0.4, -0.2) is 44.6 Å². The lowest BCUT2D eigenvalue weighted by molar-refractivity contribution is 0.482. The zero-order valence-corrected chi connectivity index (χ0v) is 25.0. The Morgan fingerprint density at radius 1 is 0.629 bits per heavy atom. The summed E-state index contributed by atoms with van der Waals surface area (Å²) >= 11 is 17.0. The van der Waals surface area contributed by atoms with Crippen molar-refractivity contribution >= 4 is 67.9 Å². The summed E-state index contributed by atoms with van der Waals surface area (Å²) in [5, 5.41) is 0. The Morgan fingerprint density at radius 3 is 1.29 bits per heavy atom. The topological polar surface area (TPSA) is 6.48 Å². The maximum absolute atomic E-state index is 5.77. The molecule has 0 aliphatic carbocycles. The number of nitrogens with zero attached hydrogens (tertiary/aromatic N) is 2. The van der Waals surface area contributed by atoms with Gasteiger partial charge in [-0.1, -0.05) is 109 Å². The molecule has 0 aliphatic heterocycles. The third-order valence-corrected chi connectivity index (χ3v) is 10.5. The van der Waals surface area contributed by atoms with Crippen molar-refractivity contribution in [1.29, 1.82) is 0 Å². The molecule has 186 valence electrons. The van der Waals surface area contributed by atoms with Gasteiger partial charge in [0, 0.05) is 58.6 Å². The van der Waals surface area contributed by atoms with Crippen molar-refractivity contribution in [3.8, 4) is 22.3 Å². The van der Waals surface area contributed by atoms with Crippen LogP contribution in [0.25, 0.3) is 22.3 Å². The Labute approximate surface area is 234 Å². The lowest BCUT2D eigenvalue weighted by Gasteiger charge is -2.20. The largest absolute Gasteiger partial charge is 0.358 e. The van der Waals surface area contributed by atoms with Gasteiger partial charge in [-0.2, -0.15) is 0 Å². The predicted octanol–water partition coefficient (Wildman–Crippen LogP) is 8.80. The lowest BCUT2D eigenvalue weighted by Crippen LogP contribution is -2.26. The summed E-state index contributed by atoms with van der Waals surface area (Å²) < 4.78 is 1.95. The molecule has 1 aromatic heterocycles. The number of thiocarbonyl (C=S) groups is 2. The van der Waals surface area contributed by atoms with Crippen molar-refractivity contribution in [2.75, 3.05) is 26.2 Å². The maximum Gasteiger partial charge on any atom is 0.136 e. The first-order valence-electron chi connectivity index (χ1n) is 12.1. The minimum absolute atomic E-state index is 0.870. The summed E-state index contributed by atoms with van der Waals surface area (Å²) in [6.45, 7) is 12.4. The highest BCUT2D eigenvalue weighted by molar-refractivity contribution is 8.22. The molecule has 0 radical (unpaired) electrons. The molecule has 0 atom stereocenters. The molecule has 0 fully saturated rings. The molecule has 3 rings (SSSR count). The second-order valence-corrected chi connectivity index (χ2v) is 12.3. The molecule has 2 aromatic carbocycles. The van der Waals surface area contributed by atoms with E-state index >= 15 is 0 Å². The van der Waals surface area contributed by atoms with Crippen molar-refractivity contribution in [3.05, 3.63) is 70.4 Å². The first-order chi connectivity index (χ1) is 17.0. The molecule has 3 aromatic rings. The molecule has 0 amide bonds. The van der Waals surface area contributed by atoms with Crippen LogP contribution in [0.5, 0.6) is 0 Å². The average molecular weight is 559 g/mol. The van der Waals surface area contributed by atoms with E-state index in [2.05, 4.69) is 98.2 Å². The van der Waals surface area contributed by atoms with Crippen LogP contribution in [0.1, 0.15) is 37.4 Å². The van der Waals surface area contributed by atoms with Crippen LogP contribution in [0.4, 0.5) is 0 Å². The minimum Gasteiger partial charge on any atom is -0.358 e. The molecular formula is C28H34N2S5.